The Bertz CT molecular complexity index is 429. The van der Waals surface area contributed by atoms with Crippen molar-refractivity contribution in [3.63, 3.8) is 0 Å². The second kappa shape index (κ2) is 2.72. The number of hydrogen-bond acceptors (Lipinski definition) is 0. The molecule has 2 rings (SSSR count). The van der Waals surface area contributed by atoms with E-state index in [-0.39, 0.29) is 0 Å². The van der Waals surface area contributed by atoms with Gasteiger partial charge >= 0.3 is 77.4 Å². The van der Waals surface area contributed by atoms with E-state index in [1.807, 2.05) is 6.92 Å². The van der Waals surface area contributed by atoms with E-state index in [9.17, 15) is 0 Å². The van der Waals surface area contributed by atoms with Crippen LogP contribution in [0.4, 0.5) is 0 Å². The van der Waals surface area contributed by atoms with Gasteiger partial charge in [-0.25, -0.2) is 0 Å². The summed E-state index contributed by atoms with van der Waals surface area (Å²) >= 11 is 0.511. The molecule has 2 heterocycles. The van der Waals surface area contributed by atoms with Crippen molar-refractivity contribution in [2.75, 3.05) is 0 Å². The molecule has 1 nitrogen and oxygen atoms in total. The first-order valence-corrected chi connectivity index (χ1v) is 5.68. The molecule has 0 bridgehead atoms. The summed E-state index contributed by atoms with van der Waals surface area (Å²) in [5.74, 6) is 2.10. The van der Waals surface area contributed by atoms with E-state index in [0.29, 0.717) is 14.5 Å². The molecule has 0 saturated heterocycles. The first kappa shape index (κ1) is 8.03. The third-order valence-electron chi connectivity index (χ3n) is 1.88. The van der Waals surface area contributed by atoms with Crippen LogP contribution in [0.15, 0.2) is 16.5 Å². The Hall–Kier alpha value is -0.591. The Morgan fingerprint density at radius 3 is 2.67 bits per heavy atom. The zero-order valence-electron chi connectivity index (χ0n) is 7.47. The third kappa shape index (κ3) is 1.21. The zero-order valence-corrected chi connectivity index (χ0v) is 9.18. The Morgan fingerprint density at radius 1 is 1.17 bits per heavy atom. The van der Waals surface area contributed by atoms with Gasteiger partial charge in [-0.1, -0.05) is 0 Å². The van der Waals surface area contributed by atoms with Crippen LogP contribution in [0.3, 0.4) is 0 Å². The van der Waals surface area contributed by atoms with Crippen molar-refractivity contribution in [3.05, 3.63) is 28.1 Å². The van der Waals surface area contributed by atoms with Crippen molar-refractivity contribution in [2.45, 2.75) is 20.8 Å². The van der Waals surface area contributed by atoms with E-state index in [2.05, 4.69) is 26.0 Å². The molecule has 0 saturated carbocycles. The SMILES string of the molecule is Cc1cc2cc(C)[se]c2c(C)[o+]1. The van der Waals surface area contributed by atoms with Gasteiger partial charge in [-0.2, -0.15) is 0 Å². The molecular weight excluding hydrogens is 215 g/mol. The Labute approximate surface area is 77.8 Å². The predicted molar refractivity (Wildman–Crippen MR) is 51.8 cm³/mol. The third-order valence-corrected chi connectivity index (χ3v) is 4.33. The molecule has 0 atom stereocenters. The number of fused-ring (bicyclic) bond motifs is 1. The van der Waals surface area contributed by atoms with E-state index >= 15 is 0 Å². The number of rotatable bonds is 0. The van der Waals surface area contributed by atoms with Crippen molar-refractivity contribution in [2.24, 2.45) is 0 Å². The molecule has 0 fully saturated rings. The molecule has 0 spiro atoms. The van der Waals surface area contributed by atoms with Crippen LogP contribution >= 0.6 is 0 Å². The van der Waals surface area contributed by atoms with Gasteiger partial charge in [0.25, 0.3) is 0 Å². The van der Waals surface area contributed by atoms with Gasteiger partial charge in [-0.15, -0.1) is 0 Å². The van der Waals surface area contributed by atoms with Gasteiger partial charge in [0.05, 0.1) is 0 Å². The molecule has 0 aliphatic carbocycles. The predicted octanol–water partition coefficient (Wildman–Crippen LogP) is 2.70. The Kier molecular flexibility index (Phi) is 1.82. The average Bonchev–Trinajstić information content (AvgIpc) is 2.29. The van der Waals surface area contributed by atoms with Crippen molar-refractivity contribution < 1.29 is 4.42 Å². The minimum atomic E-state index is 0.511. The molecule has 0 amide bonds. The summed E-state index contributed by atoms with van der Waals surface area (Å²) in [5, 5.41) is 1.37. The molecule has 12 heavy (non-hydrogen) atoms. The normalized spacial score (nSPS) is 10.9. The molecule has 2 aromatic rings. The van der Waals surface area contributed by atoms with Crippen LogP contribution in [0.2, 0.25) is 0 Å². The van der Waals surface area contributed by atoms with Crippen LogP contribution < -0.4 is 0 Å². The van der Waals surface area contributed by atoms with Gasteiger partial charge in [0, 0.05) is 0 Å². The van der Waals surface area contributed by atoms with Crippen LogP contribution in [0.5, 0.6) is 0 Å². The van der Waals surface area contributed by atoms with Crippen LogP contribution in [-0.2, 0) is 0 Å². The first-order valence-electron chi connectivity index (χ1n) is 3.97. The van der Waals surface area contributed by atoms with Gasteiger partial charge in [0.1, 0.15) is 0 Å². The summed E-state index contributed by atoms with van der Waals surface area (Å²) in [6.07, 6.45) is 0. The van der Waals surface area contributed by atoms with E-state index in [1.54, 1.807) is 0 Å². The summed E-state index contributed by atoms with van der Waals surface area (Å²) in [6, 6.07) is 4.39. The Balaban J connectivity index is 2.88. The standard InChI is InChI=1S/C10H11OSe/c1-6-4-9-5-7(2)12-10(9)8(3)11-6/h4-5H,1-3H3/q+1. The number of aryl methyl sites for hydroxylation is 3. The monoisotopic (exact) mass is 227 g/mol. The Morgan fingerprint density at radius 2 is 1.92 bits per heavy atom. The van der Waals surface area contributed by atoms with Crippen molar-refractivity contribution in [3.8, 4) is 0 Å². The van der Waals surface area contributed by atoms with Gasteiger partial charge in [0.2, 0.25) is 0 Å². The van der Waals surface area contributed by atoms with Crippen molar-refractivity contribution in [1.82, 2.24) is 0 Å². The molecule has 0 N–H and O–H groups in total. The molecule has 2 aromatic heterocycles. The van der Waals surface area contributed by atoms with E-state index in [0.717, 1.165) is 11.5 Å². The second-order valence-electron chi connectivity index (χ2n) is 3.05. The zero-order chi connectivity index (χ0) is 8.72. The average molecular weight is 226 g/mol. The van der Waals surface area contributed by atoms with E-state index in [1.165, 1.54) is 14.1 Å². The van der Waals surface area contributed by atoms with Gasteiger partial charge in [0.15, 0.2) is 0 Å². The summed E-state index contributed by atoms with van der Waals surface area (Å²) in [6.45, 7) is 6.25. The van der Waals surface area contributed by atoms with Crippen molar-refractivity contribution >= 4 is 24.1 Å². The minimum absolute atomic E-state index is 0.511. The molecule has 0 aliphatic rings. The molecule has 0 aliphatic heterocycles. The fourth-order valence-corrected chi connectivity index (χ4v) is 3.40. The fourth-order valence-electron chi connectivity index (χ4n) is 1.45. The van der Waals surface area contributed by atoms with E-state index in [4.69, 9.17) is 4.42 Å². The summed E-state index contributed by atoms with van der Waals surface area (Å²) in [4.78, 5) is 0. The van der Waals surface area contributed by atoms with Crippen LogP contribution in [0.25, 0.3) is 9.65 Å². The number of hydrogen-bond donors (Lipinski definition) is 0. The molecule has 2 heteroatoms. The van der Waals surface area contributed by atoms with Crippen LogP contribution in [0, 0.1) is 20.8 Å². The maximum absolute atomic E-state index is 5.55. The van der Waals surface area contributed by atoms with Gasteiger partial charge < -0.3 is 0 Å². The van der Waals surface area contributed by atoms with Crippen molar-refractivity contribution in [1.29, 1.82) is 0 Å². The first-order chi connectivity index (χ1) is 5.66. The van der Waals surface area contributed by atoms with Crippen LogP contribution in [0.1, 0.15) is 16.0 Å². The summed E-state index contributed by atoms with van der Waals surface area (Å²) < 4.78 is 8.46. The molecule has 0 aromatic carbocycles. The fraction of sp³-hybridized carbons (Fsp3) is 0.300. The van der Waals surface area contributed by atoms with E-state index < -0.39 is 0 Å². The van der Waals surface area contributed by atoms with Gasteiger partial charge in [-0.05, 0) is 0 Å². The second-order valence-corrected chi connectivity index (χ2v) is 5.69. The topological polar surface area (TPSA) is 11.3 Å². The molecule has 62 valence electrons. The molecule has 0 radical (unpaired) electrons. The van der Waals surface area contributed by atoms with Crippen LogP contribution in [-0.4, -0.2) is 14.5 Å². The maximum atomic E-state index is 5.55. The molecule has 0 unspecified atom stereocenters. The van der Waals surface area contributed by atoms with Gasteiger partial charge in [-0.3, -0.25) is 0 Å². The summed E-state index contributed by atoms with van der Waals surface area (Å²) in [7, 11) is 0. The molecular formula is C10H11OSe+. The summed E-state index contributed by atoms with van der Waals surface area (Å²) in [5.41, 5.74) is 0. The quantitative estimate of drug-likeness (QED) is 0.496.